The molecule has 2 heterocycles. The lowest BCUT2D eigenvalue weighted by Gasteiger charge is -2.10. The summed E-state index contributed by atoms with van der Waals surface area (Å²) in [5, 5.41) is 3.30. The van der Waals surface area contributed by atoms with Crippen LogP contribution in [0.3, 0.4) is 0 Å². The van der Waals surface area contributed by atoms with Crippen LogP contribution in [0.5, 0.6) is 0 Å². The third kappa shape index (κ3) is 4.11. The van der Waals surface area contributed by atoms with E-state index in [4.69, 9.17) is 5.73 Å². The van der Waals surface area contributed by atoms with Gasteiger partial charge in [-0.15, -0.1) is 0 Å². The van der Waals surface area contributed by atoms with Gasteiger partial charge in [0.2, 0.25) is 11.9 Å². The Morgan fingerprint density at radius 2 is 1.79 bits per heavy atom. The van der Waals surface area contributed by atoms with Crippen molar-refractivity contribution in [1.82, 2.24) is 24.5 Å². The zero-order valence-corrected chi connectivity index (χ0v) is 16.2. The number of halogens is 2. The van der Waals surface area contributed by atoms with Crippen molar-refractivity contribution < 1.29 is 8.78 Å². The van der Waals surface area contributed by atoms with Crippen LogP contribution < -0.4 is 11.1 Å². The molecule has 0 saturated carbocycles. The lowest BCUT2D eigenvalue weighted by atomic mass is 10.2. The van der Waals surface area contributed by atoms with Gasteiger partial charge < -0.3 is 11.1 Å². The summed E-state index contributed by atoms with van der Waals surface area (Å²) in [5.74, 6) is 0.927. The first-order chi connectivity index (χ1) is 14.0. The van der Waals surface area contributed by atoms with Crippen molar-refractivity contribution in [2.75, 3.05) is 11.1 Å². The molecule has 0 fully saturated rings. The minimum absolute atomic E-state index is 0.0500. The Labute approximate surface area is 169 Å². The van der Waals surface area contributed by atoms with Crippen molar-refractivity contribution >= 4 is 40.4 Å². The highest BCUT2D eigenvalue weighted by Gasteiger charge is 2.18. The number of nitrogens with one attached hydrogen (secondary N) is 1. The molecule has 10 heteroatoms. The summed E-state index contributed by atoms with van der Waals surface area (Å²) in [7, 11) is 0. The van der Waals surface area contributed by atoms with Gasteiger partial charge in [0.05, 0.1) is 16.8 Å². The van der Waals surface area contributed by atoms with Crippen molar-refractivity contribution in [3.8, 4) is 0 Å². The number of hydrogen-bond donors (Lipinski definition) is 2. The second kappa shape index (κ2) is 8.00. The van der Waals surface area contributed by atoms with Gasteiger partial charge in [-0.1, -0.05) is 42.1 Å². The van der Waals surface area contributed by atoms with Crippen LogP contribution in [-0.4, -0.2) is 24.5 Å². The molecule has 0 aliphatic heterocycles. The molecular formula is C19H17F2N7S. The van der Waals surface area contributed by atoms with E-state index in [9.17, 15) is 8.78 Å². The van der Waals surface area contributed by atoms with Gasteiger partial charge in [-0.2, -0.15) is 23.7 Å². The Morgan fingerprint density at radius 1 is 1.03 bits per heavy atom. The highest BCUT2D eigenvalue weighted by molar-refractivity contribution is 7.98. The Hall–Kier alpha value is -3.27. The van der Waals surface area contributed by atoms with Crippen molar-refractivity contribution in [1.29, 1.82) is 0 Å². The highest BCUT2D eigenvalue weighted by atomic mass is 32.2. The normalized spacial score (nSPS) is 11.3. The highest BCUT2D eigenvalue weighted by Crippen LogP contribution is 2.30. The van der Waals surface area contributed by atoms with Crippen LogP contribution in [-0.2, 0) is 5.75 Å². The van der Waals surface area contributed by atoms with Crippen LogP contribution in [0.2, 0.25) is 0 Å². The maximum absolute atomic E-state index is 13.6. The van der Waals surface area contributed by atoms with Crippen LogP contribution in [0.1, 0.15) is 17.9 Å². The number of nitrogen functional groups attached to an aromatic ring is 1. The summed E-state index contributed by atoms with van der Waals surface area (Å²) >= 11 is 1.12. The summed E-state index contributed by atoms with van der Waals surface area (Å²) < 4.78 is 28.0. The number of thioether (sulfide) groups is 1. The van der Waals surface area contributed by atoms with E-state index in [2.05, 4.69) is 25.3 Å². The maximum atomic E-state index is 13.6. The first-order valence-corrected chi connectivity index (χ1v) is 9.71. The van der Waals surface area contributed by atoms with E-state index in [-0.39, 0.29) is 16.9 Å². The summed E-state index contributed by atoms with van der Waals surface area (Å²) in [4.78, 5) is 16.9. The largest absolute Gasteiger partial charge is 0.368 e. The van der Waals surface area contributed by atoms with E-state index in [1.165, 1.54) is 0 Å². The number of alkyl halides is 2. The SMILES string of the molecule is Cc1ccccc1Nc1nc(N)nc(CSc2nc3ccccc3n2C(F)F)n1. The maximum Gasteiger partial charge on any atom is 0.321 e. The Balaban J connectivity index is 1.58. The van der Waals surface area contributed by atoms with Crippen molar-refractivity contribution in [3.63, 3.8) is 0 Å². The number of benzene rings is 2. The summed E-state index contributed by atoms with van der Waals surface area (Å²) in [6.07, 6.45) is 0. The molecule has 0 amide bonds. The average molecular weight is 413 g/mol. The van der Waals surface area contributed by atoms with Gasteiger partial charge in [0, 0.05) is 5.69 Å². The Morgan fingerprint density at radius 3 is 2.59 bits per heavy atom. The fourth-order valence-corrected chi connectivity index (χ4v) is 3.70. The fraction of sp³-hybridized carbons (Fsp3) is 0.158. The van der Waals surface area contributed by atoms with Gasteiger partial charge in [0.25, 0.3) is 0 Å². The Bertz CT molecular complexity index is 1160. The predicted octanol–water partition coefficient (Wildman–Crippen LogP) is 4.54. The molecule has 4 aromatic rings. The number of hydrogen-bond acceptors (Lipinski definition) is 7. The standard InChI is InChI=1S/C19H17F2N7S/c1-11-6-2-3-7-12(11)23-18-26-15(25-17(22)27-18)10-29-19-24-13-8-4-5-9-14(13)28(19)16(20)21/h2-9,16H,10H2,1H3,(H3,22,23,25,26,27). The van der Waals surface area contributed by atoms with Gasteiger partial charge in [-0.05, 0) is 30.7 Å². The Kier molecular flexibility index (Phi) is 5.26. The number of aromatic nitrogens is 5. The second-order valence-corrected chi connectivity index (χ2v) is 7.14. The van der Waals surface area contributed by atoms with Gasteiger partial charge >= 0.3 is 6.55 Å². The molecule has 148 valence electrons. The van der Waals surface area contributed by atoms with Crippen LogP contribution in [0.4, 0.5) is 26.4 Å². The molecule has 2 aromatic heterocycles. The molecule has 0 unspecified atom stereocenters. The molecule has 3 N–H and O–H groups in total. The van der Waals surface area contributed by atoms with E-state index in [0.717, 1.165) is 27.6 Å². The molecule has 0 bridgehead atoms. The molecule has 0 radical (unpaired) electrons. The van der Waals surface area contributed by atoms with E-state index < -0.39 is 6.55 Å². The number of anilines is 3. The number of rotatable bonds is 6. The van der Waals surface area contributed by atoms with Crippen LogP contribution in [0.25, 0.3) is 11.0 Å². The number of para-hydroxylation sites is 3. The molecule has 0 saturated heterocycles. The molecule has 0 aliphatic carbocycles. The van der Waals surface area contributed by atoms with Crippen molar-refractivity contribution in [2.45, 2.75) is 24.4 Å². The molecule has 2 aromatic carbocycles. The van der Waals surface area contributed by atoms with Gasteiger partial charge in [-0.25, -0.2) is 4.98 Å². The van der Waals surface area contributed by atoms with E-state index in [1.54, 1.807) is 24.3 Å². The third-order valence-corrected chi connectivity index (χ3v) is 5.13. The zero-order valence-electron chi connectivity index (χ0n) is 15.4. The van der Waals surface area contributed by atoms with Gasteiger partial charge in [0.1, 0.15) is 5.82 Å². The minimum Gasteiger partial charge on any atom is -0.368 e. The molecule has 7 nitrogen and oxygen atoms in total. The molecular weight excluding hydrogens is 396 g/mol. The predicted molar refractivity (Wildman–Crippen MR) is 109 cm³/mol. The van der Waals surface area contributed by atoms with Crippen LogP contribution in [0, 0.1) is 6.92 Å². The second-order valence-electron chi connectivity index (χ2n) is 6.19. The number of aryl methyl sites for hydroxylation is 1. The topological polar surface area (TPSA) is 94.5 Å². The summed E-state index contributed by atoms with van der Waals surface area (Å²) in [5.41, 5.74) is 8.56. The molecule has 4 rings (SSSR count). The third-order valence-electron chi connectivity index (χ3n) is 4.18. The first kappa shape index (κ1) is 19.1. The van der Waals surface area contributed by atoms with E-state index >= 15 is 0 Å². The zero-order chi connectivity index (χ0) is 20.4. The monoisotopic (exact) mass is 413 g/mol. The van der Waals surface area contributed by atoms with Crippen molar-refractivity contribution in [2.24, 2.45) is 0 Å². The average Bonchev–Trinajstić information content (AvgIpc) is 3.06. The van der Waals surface area contributed by atoms with E-state index in [1.807, 2.05) is 31.2 Å². The smallest absolute Gasteiger partial charge is 0.321 e. The lowest BCUT2D eigenvalue weighted by molar-refractivity contribution is 0.0656. The summed E-state index contributed by atoms with van der Waals surface area (Å²) in [6, 6.07) is 14.5. The fourth-order valence-electron chi connectivity index (χ4n) is 2.83. The van der Waals surface area contributed by atoms with Crippen LogP contribution >= 0.6 is 11.8 Å². The molecule has 0 atom stereocenters. The molecule has 0 spiro atoms. The number of nitrogens with two attached hydrogens (primary N) is 1. The van der Waals surface area contributed by atoms with E-state index in [0.29, 0.717) is 22.8 Å². The quantitative estimate of drug-likeness (QED) is 0.448. The molecule has 0 aliphatic rings. The van der Waals surface area contributed by atoms with Crippen LogP contribution in [0.15, 0.2) is 53.7 Å². The lowest BCUT2D eigenvalue weighted by Crippen LogP contribution is -2.07. The first-order valence-electron chi connectivity index (χ1n) is 8.72. The number of fused-ring (bicyclic) bond motifs is 1. The van der Waals surface area contributed by atoms with Gasteiger partial charge in [0.15, 0.2) is 5.16 Å². The number of nitrogens with zero attached hydrogens (tertiary/aromatic N) is 5. The molecule has 29 heavy (non-hydrogen) atoms. The van der Waals surface area contributed by atoms with Gasteiger partial charge in [-0.3, -0.25) is 4.57 Å². The number of imidazole rings is 1. The van der Waals surface area contributed by atoms with Crippen molar-refractivity contribution in [3.05, 3.63) is 59.9 Å². The summed E-state index contributed by atoms with van der Waals surface area (Å²) in [6.45, 7) is -0.745. The minimum atomic E-state index is -2.70.